The van der Waals surface area contributed by atoms with Crippen molar-refractivity contribution in [3.8, 4) is 0 Å². The first-order chi connectivity index (χ1) is 7.99. The third kappa shape index (κ3) is 2.33. The molecule has 5 heteroatoms. The van der Waals surface area contributed by atoms with Gasteiger partial charge in [-0.1, -0.05) is 11.6 Å². The molecular formula is C12H9ClFNOS. The van der Waals surface area contributed by atoms with Gasteiger partial charge in [-0.3, -0.25) is 4.79 Å². The zero-order valence-electron chi connectivity index (χ0n) is 8.96. The lowest BCUT2D eigenvalue weighted by atomic mass is 10.1. The van der Waals surface area contributed by atoms with Crippen LogP contribution in [0.3, 0.4) is 0 Å². The largest absolute Gasteiger partial charge is 0.399 e. The maximum Gasteiger partial charge on any atom is 0.205 e. The monoisotopic (exact) mass is 269 g/mol. The van der Waals surface area contributed by atoms with Crippen LogP contribution in [0.5, 0.6) is 0 Å². The summed E-state index contributed by atoms with van der Waals surface area (Å²) in [6, 6.07) is 5.68. The Morgan fingerprint density at radius 3 is 2.65 bits per heavy atom. The minimum Gasteiger partial charge on any atom is -0.399 e. The van der Waals surface area contributed by atoms with Crippen LogP contribution < -0.4 is 5.73 Å². The molecule has 2 N–H and O–H groups in total. The molecule has 2 rings (SSSR count). The number of hydrogen-bond acceptors (Lipinski definition) is 3. The molecule has 0 unspecified atom stereocenters. The lowest BCUT2D eigenvalue weighted by Gasteiger charge is -2.01. The molecule has 17 heavy (non-hydrogen) atoms. The van der Waals surface area contributed by atoms with E-state index in [0.29, 0.717) is 14.9 Å². The Morgan fingerprint density at radius 1 is 1.41 bits per heavy atom. The van der Waals surface area contributed by atoms with E-state index in [1.807, 2.05) is 0 Å². The van der Waals surface area contributed by atoms with Gasteiger partial charge in [0.15, 0.2) is 0 Å². The second-order valence-electron chi connectivity index (χ2n) is 3.64. The molecule has 0 aliphatic carbocycles. The molecule has 0 aliphatic rings. The molecule has 0 spiro atoms. The number of benzene rings is 1. The van der Waals surface area contributed by atoms with E-state index in [4.69, 9.17) is 17.3 Å². The first-order valence-electron chi connectivity index (χ1n) is 4.84. The number of ketones is 1. The van der Waals surface area contributed by atoms with Gasteiger partial charge in [0.1, 0.15) is 5.82 Å². The fourth-order valence-electron chi connectivity index (χ4n) is 1.42. The summed E-state index contributed by atoms with van der Waals surface area (Å²) < 4.78 is 14.1. The van der Waals surface area contributed by atoms with Crippen LogP contribution in [-0.4, -0.2) is 5.78 Å². The topological polar surface area (TPSA) is 43.1 Å². The summed E-state index contributed by atoms with van der Waals surface area (Å²) in [6.07, 6.45) is 0. The summed E-state index contributed by atoms with van der Waals surface area (Å²) >= 11 is 7.03. The Kier molecular flexibility index (Phi) is 3.17. The van der Waals surface area contributed by atoms with E-state index in [0.717, 1.165) is 23.0 Å². The summed E-state index contributed by atoms with van der Waals surface area (Å²) in [5, 5.41) is 0. The van der Waals surface area contributed by atoms with Gasteiger partial charge < -0.3 is 5.73 Å². The normalized spacial score (nSPS) is 10.5. The molecule has 0 radical (unpaired) electrons. The van der Waals surface area contributed by atoms with Crippen LogP contribution >= 0.6 is 22.9 Å². The van der Waals surface area contributed by atoms with Gasteiger partial charge in [-0.2, -0.15) is 0 Å². The summed E-state index contributed by atoms with van der Waals surface area (Å²) in [5.41, 5.74) is 6.54. The van der Waals surface area contributed by atoms with Crippen LogP contribution in [0.1, 0.15) is 20.8 Å². The molecule has 1 heterocycles. The van der Waals surface area contributed by atoms with E-state index < -0.39 is 5.82 Å². The van der Waals surface area contributed by atoms with Gasteiger partial charge >= 0.3 is 0 Å². The number of carbonyl (C=O) groups is 1. The van der Waals surface area contributed by atoms with Crippen molar-refractivity contribution < 1.29 is 9.18 Å². The van der Waals surface area contributed by atoms with Gasteiger partial charge in [0, 0.05) is 5.69 Å². The maximum atomic E-state index is 13.6. The number of carbonyl (C=O) groups excluding carboxylic acids is 1. The number of hydrogen-bond donors (Lipinski definition) is 1. The summed E-state index contributed by atoms with van der Waals surface area (Å²) in [7, 11) is 0. The van der Waals surface area contributed by atoms with Crippen molar-refractivity contribution in [1.29, 1.82) is 0 Å². The van der Waals surface area contributed by atoms with E-state index >= 15 is 0 Å². The van der Waals surface area contributed by atoms with Crippen LogP contribution in [0.15, 0.2) is 24.3 Å². The second-order valence-corrected chi connectivity index (χ2v) is 5.29. The van der Waals surface area contributed by atoms with Crippen LogP contribution in [-0.2, 0) is 0 Å². The van der Waals surface area contributed by atoms with Crippen LogP contribution in [0.2, 0.25) is 4.34 Å². The maximum absolute atomic E-state index is 13.6. The molecule has 1 aromatic carbocycles. The predicted molar refractivity (Wildman–Crippen MR) is 68.3 cm³/mol. The Balaban J connectivity index is 2.43. The number of anilines is 1. The Morgan fingerprint density at radius 2 is 2.12 bits per heavy atom. The van der Waals surface area contributed by atoms with Gasteiger partial charge in [0.2, 0.25) is 5.78 Å². The molecule has 2 nitrogen and oxygen atoms in total. The molecule has 0 fully saturated rings. The number of rotatable bonds is 2. The Labute approximate surface area is 107 Å². The highest BCUT2D eigenvalue weighted by Gasteiger charge is 2.17. The van der Waals surface area contributed by atoms with Gasteiger partial charge in [-0.15, -0.1) is 11.3 Å². The molecule has 0 amide bonds. The van der Waals surface area contributed by atoms with Crippen LogP contribution in [0, 0.1) is 12.7 Å². The van der Waals surface area contributed by atoms with E-state index in [1.165, 1.54) is 12.1 Å². The summed E-state index contributed by atoms with van der Waals surface area (Å²) in [4.78, 5) is 12.4. The number of aryl methyl sites for hydroxylation is 1. The van der Waals surface area contributed by atoms with Crippen molar-refractivity contribution in [3.63, 3.8) is 0 Å². The zero-order valence-corrected chi connectivity index (χ0v) is 10.5. The minimum absolute atomic E-state index is 0.0112. The smallest absolute Gasteiger partial charge is 0.205 e. The fourth-order valence-corrected chi connectivity index (χ4v) is 2.58. The average Bonchev–Trinajstić information content (AvgIpc) is 2.58. The van der Waals surface area contributed by atoms with Gasteiger partial charge in [-0.05, 0) is 36.8 Å². The van der Waals surface area contributed by atoms with E-state index in [2.05, 4.69) is 0 Å². The van der Waals surface area contributed by atoms with E-state index in [-0.39, 0.29) is 11.3 Å². The molecule has 0 aliphatic heterocycles. The van der Waals surface area contributed by atoms with Gasteiger partial charge in [0.05, 0.1) is 14.8 Å². The zero-order chi connectivity index (χ0) is 12.6. The molecular weight excluding hydrogens is 261 g/mol. The molecule has 0 saturated carbocycles. The van der Waals surface area contributed by atoms with Crippen molar-refractivity contribution in [2.24, 2.45) is 0 Å². The van der Waals surface area contributed by atoms with Crippen molar-refractivity contribution in [1.82, 2.24) is 0 Å². The lowest BCUT2D eigenvalue weighted by molar-refractivity contribution is 0.103. The highest BCUT2D eigenvalue weighted by atomic mass is 35.5. The Hall–Kier alpha value is -1.39. The number of nitrogen functional groups attached to an aromatic ring is 1. The molecule has 1 aromatic heterocycles. The standard InChI is InChI=1S/C12H9ClFNOS/c1-6-4-10(17-12(6)13)11(16)8-3-2-7(15)5-9(8)14/h2-5H,15H2,1H3. The van der Waals surface area contributed by atoms with Crippen molar-refractivity contribution in [3.05, 3.63) is 50.4 Å². The third-order valence-electron chi connectivity index (χ3n) is 2.32. The molecule has 2 aromatic rings. The van der Waals surface area contributed by atoms with E-state index in [9.17, 15) is 9.18 Å². The number of halogens is 2. The molecule has 0 bridgehead atoms. The van der Waals surface area contributed by atoms with Crippen molar-refractivity contribution in [2.45, 2.75) is 6.92 Å². The SMILES string of the molecule is Cc1cc(C(=O)c2ccc(N)cc2F)sc1Cl. The first kappa shape index (κ1) is 12.1. The van der Waals surface area contributed by atoms with E-state index in [1.54, 1.807) is 13.0 Å². The first-order valence-corrected chi connectivity index (χ1v) is 6.04. The number of thiophene rings is 1. The number of nitrogens with two attached hydrogens (primary N) is 1. The minimum atomic E-state index is -0.614. The van der Waals surface area contributed by atoms with Gasteiger partial charge in [0.25, 0.3) is 0 Å². The highest BCUT2D eigenvalue weighted by molar-refractivity contribution is 7.18. The summed E-state index contributed by atoms with van der Waals surface area (Å²) in [5.74, 6) is -0.986. The fraction of sp³-hybridized carbons (Fsp3) is 0.0833. The average molecular weight is 270 g/mol. The van der Waals surface area contributed by atoms with Crippen molar-refractivity contribution in [2.75, 3.05) is 5.73 Å². The van der Waals surface area contributed by atoms with Gasteiger partial charge in [-0.25, -0.2) is 4.39 Å². The lowest BCUT2D eigenvalue weighted by Crippen LogP contribution is -2.02. The van der Waals surface area contributed by atoms with Crippen molar-refractivity contribution >= 4 is 34.4 Å². The third-order valence-corrected chi connectivity index (χ3v) is 3.87. The predicted octanol–water partition coefficient (Wildman–Crippen LogP) is 3.66. The quantitative estimate of drug-likeness (QED) is 0.668. The summed E-state index contributed by atoms with van der Waals surface area (Å²) in [6.45, 7) is 1.80. The molecule has 0 atom stereocenters. The molecule has 88 valence electrons. The second kappa shape index (κ2) is 4.47. The van der Waals surface area contributed by atoms with Crippen LogP contribution in [0.25, 0.3) is 0 Å². The Bertz CT molecular complexity index is 575. The molecule has 0 saturated heterocycles. The van der Waals surface area contributed by atoms with Crippen LogP contribution in [0.4, 0.5) is 10.1 Å². The highest BCUT2D eigenvalue weighted by Crippen LogP contribution is 2.29.